The van der Waals surface area contributed by atoms with Gasteiger partial charge in [-0.15, -0.1) is 0 Å². The first kappa shape index (κ1) is 27.5. The minimum Gasteiger partial charge on any atom is -0.481 e. The Morgan fingerprint density at radius 3 is 2.40 bits per heavy atom. The van der Waals surface area contributed by atoms with Gasteiger partial charge in [0, 0.05) is 23.9 Å². The van der Waals surface area contributed by atoms with Crippen LogP contribution in [-0.2, 0) is 16.8 Å². The zero-order chi connectivity index (χ0) is 26.2. The quantitative estimate of drug-likeness (QED) is 0.378. The van der Waals surface area contributed by atoms with E-state index < -0.39 is 17.4 Å². The van der Waals surface area contributed by atoms with E-state index in [2.05, 4.69) is 52.1 Å². The molecule has 1 aliphatic carbocycles. The van der Waals surface area contributed by atoms with Crippen molar-refractivity contribution in [1.29, 1.82) is 0 Å². The molecule has 0 aromatic heterocycles. The third-order valence-electron chi connectivity index (χ3n) is 7.72. The van der Waals surface area contributed by atoms with Crippen molar-refractivity contribution in [2.75, 3.05) is 6.61 Å². The molecule has 0 saturated heterocycles. The Morgan fingerprint density at radius 2 is 1.86 bits per heavy atom. The molecule has 6 nitrogen and oxygen atoms in total. The van der Waals surface area contributed by atoms with Gasteiger partial charge in [-0.3, -0.25) is 9.69 Å². The maximum Gasteiger partial charge on any atom is 0.322 e. The summed E-state index contributed by atoms with van der Waals surface area (Å²) in [5.74, 6) is -1.21. The number of aryl methyl sites for hydroxylation is 1. The highest BCUT2D eigenvalue weighted by Crippen LogP contribution is 2.47. The summed E-state index contributed by atoms with van der Waals surface area (Å²) in [7, 11) is 0. The second-order valence-corrected chi connectivity index (χ2v) is 12.7. The number of rotatable bonds is 9. The molecule has 3 rings (SSSR count). The van der Waals surface area contributed by atoms with Crippen molar-refractivity contribution >= 4 is 23.6 Å². The molecular weight excluding hydrogens is 464 g/mol. The summed E-state index contributed by atoms with van der Waals surface area (Å²) in [6.45, 7) is 13.0. The topological polar surface area (TPSA) is 89.9 Å². The Balaban J connectivity index is 1.98. The van der Waals surface area contributed by atoms with E-state index in [0.717, 1.165) is 36.0 Å². The number of aliphatic hydroxyl groups excluding tert-OH is 1. The normalized spacial score (nSPS) is 25.1. The molecule has 1 heterocycles. The maximum atomic E-state index is 13.3. The molecule has 0 spiro atoms. The van der Waals surface area contributed by atoms with Gasteiger partial charge in [-0.2, -0.15) is 0 Å². The Morgan fingerprint density at radius 1 is 1.20 bits per heavy atom. The van der Waals surface area contributed by atoms with Crippen LogP contribution in [0.5, 0.6) is 0 Å². The van der Waals surface area contributed by atoms with Crippen molar-refractivity contribution in [3.8, 4) is 0 Å². The zero-order valence-electron chi connectivity index (χ0n) is 21.9. The Kier molecular flexibility index (Phi) is 7.97. The summed E-state index contributed by atoms with van der Waals surface area (Å²) in [6.07, 6.45) is 6.13. The highest BCUT2D eigenvalue weighted by molar-refractivity contribution is 6.31. The van der Waals surface area contributed by atoms with Gasteiger partial charge in [-0.05, 0) is 79.0 Å². The lowest BCUT2D eigenvalue weighted by atomic mass is 9.68. The van der Waals surface area contributed by atoms with E-state index in [-0.39, 0.29) is 29.5 Å². The molecule has 2 aliphatic rings. The summed E-state index contributed by atoms with van der Waals surface area (Å²) >= 11 is 6.75. The first-order valence-corrected chi connectivity index (χ1v) is 13.0. The number of halogens is 1. The number of hydrogen-bond acceptors (Lipinski definition) is 3. The van der Waals surface area contributed by atoms with Gasteiger partial charge in [0.2, 0.25) is 0 Å². The lowest BCUT2D eigenvalue weighted by molar-refractivity contribution is -0.146. The lowest BCUT2D eigenvalue weighted by Gasteiger charge is -2.50. The molecule has 35 heavy (non-hydrogen) atoms. The number of nitrogens with zero attached hydrogens (tertiary/aromatic N) is 1. The van der Waals surface area contributed by atoms with E-state index in [0.29, 0.717) is 24.3 Å². The van der Waals surface area contributed by atoms with Crippen molar-refractivity contribution in [2.24, 2.45) is 16.7 Å². The number of carbonyl (C=O) groups is 2. The lowest BCUT2D eigenvalue weighted by Crippen LogP contribution is -2.60. The molecule has 1 aromatic rings. The van der Waals surface area contributed by atoms with Crippen LogP contribution in [0.15, 0.2) is 30.0 Å². The average molecular weight is 505 g/mol. The third kappa shape index (κ3) is 6.03. The van der Waals surface area contributed by atoms with Gasteiger partial charge >= 0.3 is 12.0 Å². The molecule has 1 aliphatic heterocycles. The van der Waals surface area contributed by atoms with Crippen LogP contribution in [-0.4, -0.2) is 39.8 Å². The molecule has 194 valence electrons. The standard InChI is InChI=1S/C28H41ClN2O4/c1-26(2,3)12-10-18-8-9-20(16-22(18)29)28(6)23(27(4,5)11-7-13-32)17-31(25(35)30-28)21-14-19(15-21)24(33)34/h8-9,16-17,19,21,32H,7,10-15H2,1-6H3,(H,30,35)(H,33,34)/t19-,21-,28?. The Labute approximate surface area is 214 Å². The van der Waals surface area contributed by atoms with Gasteiger partial charge in [-0.1, -0.05) is 58.4 Å². The van der Waals surface area contributed by atoms with E-state index in [4.69, 9.17) is 11.6 Å². The number of hydrogen-bond donors (Lipinski definition) is 3. The van der Waals surface area contributed by atoms with Crippen molar-refractivity contribution < 1.29 is 19.8 Å². The monoisotopic (exact) mass is 504 g/mol. The second-order valence-electron chi connectivity index (χ2n) is 12.2. The number of carboxylic acids is 1. The van der Waals surface area contributed by atoms with Crippen LogP contribution in [0.25, 0.3) is 0 Å². The summed E-state index contributed by atoms with van der Waals surface area (Å²) in [4.78, 5) is 26.3. The zero-order valence-corrected chi connectivity index (χ0v) is 22.7. The molecule has 2 amide bonds. The van der Waals surface area contributed by atoms with Crippen molar-refractivity contribution in [2.45, 2.75) is 91.6 Å². The second kappa shape index (κ2) is 10.1. The number of benzene rings is 1. The highest BCUT2D eigenvalue weighted by atomic mass is 35.5. The largest absolute Gasteiger partial charge is 0.481 e. The summed E-state index contributed by atoms with van der Waals surface area (Å²) in [6, 6.07) is 5.73. The fourth-order valence-electron chi connectivity index (χ4n) is 5.27. The van der Waals surface area contributed by atoms with Crippen LogP contribution < -0.4 is 5.32 Å². The molecule has 0 bridgehead atoms. The van der Waals surface area contributed by atoms with E-state index in [9.17, 15) is 19.8 Å². The van der Waals surface area contributed by atoms with Crippen LogP contribution in [0, 0.1) is 16.7 Å². The predicted molar refractivity (Wildman–Crippen MR) is 139 cm³/mol. The third-order valence-corrected chi connectivity index (χ3v) is 8.07. The van der Waals surface area contributed by atoms with Gasteiger partial charge in [-0.25, -0.2) is 4.79 Å². The van der Waals surface area contributed by atoms with E-state index in [1.165, 1.54) is 0 Å². The summed E-state index contributed by atoms with van der Waals surface area (Å²) < 4.78 is 0. The van der Waals surface area contributed by atoms with Gasteiger partial charge in [0.25, 0.3) is 0 Å². The van der Waals surface area contributed by atoms with Crippen LogP contribution in [0.1, 0.15) is 84.8 Å². The van der Waals surface area contributed by atoms with Crippen LogP contribution in [0.4, 0.5) is 4.79 Å². The van der Waals surface area contributed by atoms with E-state index in [1.54, 1.807) is 4.90 Å². The number of nitrogens with one attached hydrogen (secondary N) is 1. The number of aliphatic carboxylic acids is 1. The van der Waals surface area contributed by atoms with Gasteiger partial charge < -0.3 is 15.5 Å². The number of amides is 2. The molecule has 1 fully saturated rings. The van der Waals surface area contributed by atoms with Crippen LogP contribution in [0.2, 0.25) is 5.02 Å². The smallest absolute Gasteiger partial charge is 0.322 e. The predicted octanol–water partition coefficient (Wildman–Crippen LogP) is 6.10. The first-order chi connectivity index (χ1) is 16.2. The molecule has 1 aromatic carbocycles. The van der Waals surface area contributed by atoms with Gasteiger partial charge in [0.1, 0.15) is 0 Å². The number of urea groups is 1. The number of aliphatic hydroxyl groups is 1. The minimum atomic E-state index is -0.808. The molecule has 7 heteroatoms. The Bertz CT molecular complexity index is 991. The Hall–Kier alpha value is -2.05. The van der Waals surface area contributed by atoms with Crippen LogP contribution in [0.3, 0.4) is 0 Å². The SMILES string of the molecule is CC(C)(C)CCc1ccc(C2(C)NC(=O)N([C@H]3C[C@H](C(=O)O)C3)C=C2C(C)(C)CCCO)cc1Cl. The van der Waals surface area contributed by atoms with E-state index in [1.807, 2.05) is 19.2 Å². The van der Waals surface area contributed by atoms with Crippen molar-refractivity contribution in [1.82, 2.24) is 10.2 Å². The van der Waals surface area contributed by atoms with Gasteiger partial charge in [0.15, 0.2) is 0 Å². The maximum absolute atomic E-state index is 13.3. The highest BCUT2D eigenvalue weighted by Gasteiger charge is 2.48. The summed E-state index contributed by atoms with van der Waals surface area (Å²) in [5.41, 5.74) is 2.14. The molecule has 3 N–H and O–H groups in total. The average Bonchev–Trinajstić information content (AvgIpc) is 2.70. The molecule has 1 saturated carbocycles. The molecule has 0 radical (unpaired) electrons. The van der Waals surface area contributed by atoms with Crippen LogP contribution >= 0.6 is 11.6 Å². The molecule has 1 atom stereocenters. The van der Waals surface area contributed by atoms with Gasteiger partial charge in [0.05, 0.1) is 11.5 Å². The first-order valence-electron chi connectivity index (χ1n) is 12.6. The van der Waals surface area contributed by atoms with E-state index >= 15 is 0 Å². The number of carboxylic acid groups (broad SMARTS) is 1. The minimum absolute atomic E-state index is 0.0979. The fourth-order valence-corrected chi connectivity index (χ4v) is 5.54. The number of carbonyl (C=O) groups excluding carboxylic acids is 1. The fraction of sp³-hybridized carbons (Fsp3) is 0.643. The molecular formula is C28H41ClN2O4. The summed E-state index contributed by atoms with van der Waals surface area (Å²) in [5, 5.41) is 22.7. The van der Waals surface area contributed by atoms with Crippen molar-refractivity contribution in [3.63, 3.8) is 0 Å². The molecule has 1 unspecified atom stereocenters. The van der Waals surface area contributed by atoms with Crippen molar-refractivity contribution in [3.05, 3.63) is 46.1 Å².